The number of nitrogens with one attached hydrogen (secondary N) is 1. The highest BCUT2D eigenvalue weighted by molar-refractivity contribution is 4.94. The summed E-state index contributed by atoms with van der Waals surface area (Å²) in [6, 6.07) is 0. The van der Waals surface area contributed by atoms with Crippen LogP contribution in [0.25, 0.3) is 0 Å². The van der Waals surface area contributed by atoms with Crippen LogP contribution in [0.2, 0.25) is 0 Å². The van der Waals surface area contributed by atoms with Crippen molar-refractivity contribution < 1.29 is 0 Å². The predicted octanol–water partition coefficient (Wildman–Crippen LogP) is 1.32. The minimum absolute atomic E-state index is 0.0985. The van der Waals surface area contributed by atoms with Gasteiger partial charge in [0.1, 0.15) is 0 Å². The Hall–Kier alpha value is -0.120. The van der Waals surface area contributed by atoms with E-state index in [0.717, 1.165) is 25.9 Å². The van der Waals surface area contributed by atoms with Crippen molar-refractivity contribution in [1.29, 1.82) is 0 Å². The van der Waals surface area contributed by atoms with E-state index >= 15 is 0 Å². The first kappa shape index (κ1) is 14.9. The van der Waals surface area contributed by atoms with E-state index in [4.69, 9.17) is 11.5 Å². The third-order valence-corrected chi connectivity index (χ3v) is 3.81. The minimum atomic E-state index is -0.0985. The number of rotatable bonds is 8. The average Bonchev–Trinajstić information content (AvgIpc) is 2.26. The van der Waals surface area contributed by atoms with E-state index in [1.165, 1.54) is 0 Å². The number of hydrogen-bond donors (Lipinski definition) is 3. The zero-order valence-electron chi connectivity index (χ0n) is 10.8. The van der Waals surface area contributed by atoms with Crippen LogP contribution >= 0.6 is 0 Å². The Morgan fingerprint density at radius 2 is 1.60 bits per heavy atom. The Morgan fingerprint density at radius 1 is 1.13 bits per heavy atom. The summed E-state index contributed by atoms with van der Waals surface area (Å²) in [7, 11) is 0. The van der Waals surface area contributed by atoms with Gasteiger partial charge >= 0.3 is 0 Å². The molecule has 15 heavy (non-hydrogen) atoms. The van der Waals surface area contributed by atoms with E-state index in [9.17, 15) is 0 Å². The summed E-state index contributed by atoms with van der Waals surface area (Å²) in [5.74, 6) is 1.08. The van der Waals surface area contributed by atoms with Gasteiger partial charge in [-0.05, 0) is 11.8 Å². The number of nitrogens with two attached hydrogens (primary N) is 2. The molecule has 92 valence electrons. The third-order valence-electron chi connectivity index (χ3n) is 3.81. The first-order chi connectivity index (χ1) is 7.02. The Balaban J connectivity index is 4.40. The van der Waals surface area contributed by atoms with Gasteiger partial charge in [0.2, 0.25) is 0 Å². The molecule has 0 aliphatic rings. The highest BCUT2D eigenvalue weighted by Crippen LogP contribution is 2.27. The topological polar surface area (TPSA) is 64.1 Å². The summed E-state index contributed by atoms with van der Waals surface area (Å²) in [6.07, 6.45) is 2.26. The van der Waals surface area contributed by atoms with Crippen molar-refractivity contribution >= 4 is 0 Å². The van der Waals surface area contributed by atoms with Gasteiger partial charge in [-0.3, -0.25) is 0 Å². The van der Waals surface area contributed by atoms with Crippen LogP contribution in [0.1, 0.15) is 40.5 Å². The van der Waals surface area contributed by atoms with Crippen molar-refractivity contribution in [2.24, 2.45) is 23.3 Å². The summed E-state index contributed by atoms with van der Waals surface area (Å²) < 4.78 is 0. The van der Waals surface area contributed by atoms with Crippen LogP contribution in [0.5, 0.6) is 0 Å². The zero-order chi connectivity index (χ0) is 11.9. The molecule has 5 N–H and O–H groups in total. The second-order valence-corrected chi connectivity index (χ2v) is 4.70. The van der Waals surface area contributed by atoms with Crippen LogP contribution < -0.4 is 16.8 Å². The van der Waals surface area contributed by atoms with Gasteiger partial charge in [-0.15, -0.1) is 0 Å². The molecule has 0 heterocycles. The Kier molecular flexibility index (Phi) is 7.14. The van der Waals surface area contributed by atoms with Crippen molar-refractivity contribution in [2.45, 2.75) is 46.1 Å². The van der Waals surface area contributed by atoms with Crippen molar-refractivity contribution in [3.05, 3.63) is 0 Å². The largest absolute Gasteiger partial charge is 0.329 e. The summed E-state index contributed by atoms with van der Waals surface area (Å²) in [5.41, 5.74) is 11.9. The molecule has 0 spiro atoms. The average molecular weight is 215 g/mol. The Bertz CT molecular complexity index is 149. The quantitative estimate of drug-likeness (QED) is 0.535. The first-order valence-corrected chi connectivity index (χ1v) is 6.22. The van der Waals surface area contributed by atoms with Gasteiger partial charge in [-0.2, -0.15) is 0 Å². The monoisotopic (exact) mass is 215 g/mol. The lowest BCUT2D eigenvalue weighted by atomic mass is 9.73. The maximum atomic E-state index is 6.54. The summed E-state index contributed by atoms with van der Waals surface area (Å²) >= 11 is 0. The van der Waals surface area contributed by atoms with Gasteiger partial charge in [0.05, 0.1) is 0 Å². The van der Waals surface area contributed by atoms with Crippen LogP contribution in [0.4, 0.5) is 0 Å². The van der Waals surface area contributed by atoms with Crippen molar-refractivity contribution in [2.75, 3.05) is 19.6 Å². The lowest BCUT2D eigenvalue weighted by Gasteiger charge is -2.40. The maximum absolute atomic E-state index is 6.54. The van der Waals surface area contributed by atoms with Gasteiger partial charge in [-0.1, -0.05) is 40.5 Å². The molecule has 0 saturated heterocycles. The Morgan fingerprint density at radius 3 is 1.93 bits per heavy atom. The molecule has 0 bridgehead atoms. The van der Waals surface area contributed by atoms with Crippen molar-refractivity contribution in [1.82, 2.24) is 5.32 Å². The van der Waals surface area contributed by atoms with Crippen LogP contribution in [0, 0.1) is 11.8 Å². The molecule has 2 unspecified atom stereocenters. The fourth-order valence-corrected chi connectivity index (χ4v) is 2.00. The van der Waals surface area contributed by atoms with Crippen LogP contribution in [0.15, 0.2) is 0 Å². The lowest BCUT2D eigenvalue weighted by Crippen LogP contribution is -2.58. The van der Waals surface area contributed by atoms with Gasteiger partial charge < -0.3 is 16.8 Å². The fourth-order valence-electron chi connectivity index (χ4n) is 2.00. The number of hydrogen-bond acceptors (Lipinski definition) is 3. The third kappa shape index (κ3) is 4.09. The molecular formula is C12H29N3. The SMILES string of the molecule is CCC(C)C(N)(CNCCN)C(C)CC. The Labute approximate surface area is 95.0 Å². The molecule has 3 nitrogen and oxygen atoms in total. The van der Waals surface area contributed by atoms with Gasteiger partial charge in [-0.25, -0.2) is 0 Å². The van der Waals surface area contributed by atoms with Gasteiger partial charge in [0.25, 0.3) is 0 Å². The highest BCUT2D eigenvalue weighted by atomic mass is 15.0. The van der Waals surface area contributed by atoms with E-state index in [1.807, 2.05) is 0 Å². The van der Waals surface area contributed by atoms with E-state index in [0.29, 0.717) is 18.4 Å². The molecule has 0 aromatic heterocycles. The van der Waals surface area contributed by atoms with Crippen molar-refractivity contribution in [3.63, 3.8) is 0 Å². The molecule has 0 aliphatic carbocycles. The molecule has 0 amide bonds. The molecule has 0 aromatic carbocycles. The van der Waals surface area contributed by atoms with Crippen molar-refractivity contribution in [3.8, 4) is 0 Å². The highest BCUT2D eigenvalue weighted by Gasteiger charge is 2.34. The fraction of sp³-hybridized carbons (Fsp3) is 1.00. The molecule has 0 saturated carbocycles. The summed E-state index contributed by atoms with van der Waals surface area (Å²) in [4.78, 5) is 0. The zero-order valence-corrected chi connectivity index (χ0v) is 10.8. The molecule has 0 aromatic rings. The lowest BCUT2D eigenvalue weighted by molar-refractivity contribution is 0.182. The van der Waals surface area contributed by atoms with Crippen LogP contribution in [-0.4, -0.2) is 25.2 Å². The minimum Gasteiger partial charge on any atom is -0.329 e. The molecule has 0 rings (SSSR count). The molecular weight excluding hydrogens is 186 g/mol. The molecule has 3 heteroatoms. The smallest absolute Gasteiger partial charge is 0.0332 e. The van der Waals surface area contributed by atoms with Gasteiger partial charge in [0.15, 0.2) is 0 Å². The summed E-state index contributed by atoms with van der Waals surface area (Å²) in [6.45, 7) is 11.3. The maximum Gasteiger partial charge on any atom is 0.0332 e. The predicted molar refractivity (Wildman–Crippen MR) is 67.8 cm³/mol. The normalized spacial score (nSPS) is 19.6. The second-order valence-electron chi connectivity index (χ2n) is 4.70. The first-order valence-electron chi connectivity index (χ1n) is 6.22. The molecule has 0 aliphatic heterocycles. The summed E-state index contributed by atoms with van der Waals surface area (Å²) in [5, 5.41) is 3.36. The van der Waals surface area contributed by atoms with E-state index in [1.54, 1.807) is 0 Å². The molecule has 0 radical (unpaired) electrons. The van der Waals surface area contributed by atoms with Crippen LogP contribution in [-0.2, 0) is 0 Å². The standard InChI is InChI=1S/C12H29N3/c1-5-10(3)12(14,11(4)6-2)9-15-8-7-13/h10-11,15H,5-9,13-14H2,1-4H3. The van der Waals surface area contributed by atoms with E-state index in [2.05, 4.69) is 33.0 Å². The molecule has 2 atom stereocenters. The second kappa shape index (κ2) is 7.20. The van der Waals surface area contributed by atoms with E-state index < -0.39 is 0 Å². The van der Waals surface area contributed by atoms with Crippen LogP contribution in [0.3, 0.4) is 0 Å². The van der Waals surface area contributed by atoms with Gasteiger partial charge in [0, 0.05) is 25.2 Å². The molecule has 0 fully saturated rings. The van der Waals surface area contributed by atoms with E-state index in [-0.39, 0.29) is 5.54 Å².